The van der Waals surface area contributed by atoms with E-state index in [-0.39, 0.29) is 10.8 Å². The van der Waals surface area contributed by atoms with Crippen LogP contribution in [0.1, 0.15) is 78.0 Å². The molecule has 0 aliphatic carbocycles. The van der Waals surface area contributed by atoms with Gasteiger partial charge in [-0.3, -0.25) is 4.79 Å². The Morgan fingerprint density at radius 1 is 1.09 bits per heavy atom. The highest BCUT2D eigenvalue weighted by atomic mass is 16.5. The van der Waals surface area contributed by atoms with Crippen molar-refractivity contribution >= 4 is 11.9 Å². The van der Waals surface area contributed by atoms with Gasteiger partial charge in [-0.2, -0.15) is 0 Å². The molecule has 0 saturated carbocycles. The summed E-state index contributed by atoms with van der Waals surface area (Å²) in [6.45, 7) is 15.4. The number of ether oxygens (including phenoxy) is 1. The fraction of sp³-hybridized carbons (Fsp3) is 0.571. The van der Waals surface area contributed by atoms with Gasteiger partial charge in [0.05, 0.1) is 7.11 Å². The molecule has 0 atom stereocenters. The highest BCUT2D eigenvalue weighted by Crippen LogP contribution is 2.42. The molecule has 128 valence electrons. The summed E-state index contributed by atoms with van der Waals surface area (Å²) in [5, 5.41) is 0. The van der Waals surface area contributed by atoms with Crippen molar-refractivity contribution in [2.75, 3.05) is 7.11 Å². The van der Waals surface area contributed by atoms with E-state index < -0.39 is 0 Å². The number of methoxy groups -OCH3 is 1. The van der Waals surface area contributed by atoms with E-state index in [4.69, 9.17) is 4.74 Å². The van der Waals surface area contributed by atoms with Crippen molar-refractivity contribution in [1.29, 1.82) is 0 Å². The van der Waals surface area contributed by atoms with Crippen molar-refractivity contribution in [1.82, 2.24) is 0 Å². The smallest absolute Gasteiger partial charge is 0.143 e. The first kappa shape index (κ1) is 19.5. The van der Waals surface area contributed by atoms with Gasteiger partial charge in [-0.15, -0.1) is 0 Å². The van der Waals surface area contributed by atoms with Crippen LogP contribution in [-0.4, -0.2) is 13.4 Å². The maximum Gasteiger partial charge on any atom is 0.143 e. The summed E-state index contributed by atoms with van der Waals surface area (Å²) in [7, 11) is 1.72. The lowest BCUT2D eigenvalue weighted by molar-refractivity contribution is -0.104. The van der Waals surface area contributed by atoms with Gasteiger partial charge in [-0.05, 0) is 53.9 Å². The summed E-state index contributed by atoms with van der Waals surface area (Å²) in [5.41, 5.74) is 4.58. The molecule has 0 bridgehead atoms. The molecule has 0 heterocycles. The Hall–Kier alpha value is -1.57. The van der Waals surface area contributed by atoms with E-state index in [9.17, 15) is 4.79 Å². The van der Waals surface area contributed by atoms with Gasteiger partial charge < -0.3 is 4.74 Å². The third kappa shape index (κ3) is 4.04. The van der Waals surface area contributed by atoms with Crippen LogP contribution in [0.25, 0.3) is 5.57 Å². The quantitative estimate of drug-likeness (QED) is 0.478. The third-order valence-corrected chi connectivity index (χ3v) is 5.31. The Balaban J connectivity index is 3.81. The van der Waals surface area contributed by atoms with E-state index in [1.54, 1.807) is 13.2 Å². The molecule has 0 unspecified atom stereocenters. The van der Waals surface area contributed by atoms with Gasteiger partial charge in [0.1, 0.15) is 12.0 Å². The zero-order chi connectivity index (χ0) is 17.8. The number of carbonyl (C=O) groups is 1. The first-order chi connectivity index (χ1) is 10.6. The molecule has 0 aliphatic rings. The molecular formula is C21H32O2. The minimum absolute atomic E-state index is 0.0153. The Kier molecular flexibility index (Phi) is 6.21. The van der Waals surface area contributed by atoms with Gasteiger partial charge in [0, 0.05) is 11.1 Å². The van der Waals surface area contributed by atoms with Crippen LogP contribution in [0.4, 0.5) is 0 Å². The highest BCUT2D eigenvalue weighted by molar-refractivity contribution is 5.83. The van der Waals surface area contributed by atoms with Crippen LogP contribution in [0.15, 0.2) is 18.2 Å². The minimum atomic E-state index is 0.0153. The van der Waals surface area contributed by atoms with E-state index in [0.717, 1.165) is 36.0 Å². The van der Waals surface area contributed by atoms with Gasteiger partial charge in [-0.25, -0.2) is 0 Å². The van der Waals surface area contributed by atoms with Crippen LogP contribution >= 0.6 is 0 Å². The molecule has 0 saturated heterocycles. The van der Waals surface area contributed by atoms with Crippen LogP contribution in [0.2, 0.25) is 0 Å². The Labute approximate surface area is 141 Å². The molecular weight excluding hydrogens is 284 g/mol. The second kappa shape index (κ2) is 7.33. The van der Waals surface area contributed by atoms with Crippen LogP contribution < -0.4 is 4.74 Å². The number of allylic oxidation sites excluding steroid dienone is 2. The van der Waals surface area contributed by atoms with Gasteiger partial charge in [0.2, 0.25) is 0 Å². The lowest BCUT2D eigenvalue weighted by Crippen LogP contribution is -2.22. The van der Waals surface area contributed by atoms with Crippen LogP contribution in [0, 0.1) is 0 Å². The summed E-state index contributed by atoms with van der Waals surface area (Å²) in [6, 6.07) is 4.48. The minimum Gasteiger partial charge on any atom is -0.496 e. The van der Waals surface area contributed by atoms with Crippen LogP contribution in [0.3, 0.4) is 0 Å². The molecule has 0 radical (unpaired) electrons. The van der Waals surface area contributed by atoms with Gasteiger partial charge >= 0.3 is 0 Å². The summed E-state index contributed by atoms with van der Waals surface area (Å²) in [5.74, 6) is 0.892. The monoisotopic (exact) mass is 316 g/mol. The lowest BCUT2D eigenvalue weighted by Gasteiger charge is -2.32. The second-order valence-corrected chi connectivity index (χ2v) is 7.57. The molecule has 0 spiro atoms. The molecule has 1 rings (SSSR count). The van der Waals surface area contributed by atoms with E-state index >= 15 is 0 Å². The number of carbonyl (C=O) groups excluding carboxylic acids is 1. The maximum absolute atomic E-state index is 10.9. The Morgan fingerprint density at radius 3 is 2.09 bits per heavy atom. The third-order valence-electron chi connectivity index (χ3n) is 5.31. The zero-order valence-corrected chi connectivity index (χ0v) is 16.0. The topological polar surface area (TPSA) is 26.3 Å². The maximum atomic E-state index is 10.9. The first-order valence-corrected chi connectivity index (χ1v) is 8.50. The molecule has 2 heteroatoms. The van der Waals surface area contributed by atoms with Crippen molar-refractivity contribution in [2.24, 2.45) is 0 Å². The van der Waals surface area contributed by atoms with E-state index in [1.165, 1.54) is 11.1 Å². The van der Waals surface area contributed by atoms with Crippen molar-refractivity contribution < 1.29 is 9.53 Å². The summed E-state index contributed by atoms with van der Waals surface area (Å²) >= 11 is 0. The second-order valence-electron chi connectivity index (χ2n) is 7.57. The number of aldehydes is 1. The van der Waals surface area contributed by atoms with E-state index in [2.05, 4.69) is 53.7 Å². The van der Waals surface area contributed by atoms with Crippen LogP contribution in [-0.2, 0) is 15.6 Å². The molecule has 1 aromatic rings. The van der Waals surface area contributed by atoms with Crippen molar-refractivity contribution in [2.45, 2.75) is 72.1 Å². The Morgan fingerprint density at radius 2 is 1.65 bits per heavy atom. The van der Waals surface area contributed by atoms with E-state index in [1.807, 2.05) is 6.92 Å². The fourth-order valence-electron chi connectivity index (χ4n) is 2.62. The largest absolute Gasteiger partial charge is 0.496 e. The van der Waals surface area contributed by atoms with Crippen LogP contribution in [0.5, 0.6) is 5.75 Å². The van der Waals surface area contributed by atoms with Crippen molar-refractivity contribution in [3.63, 3.8) is 0 Å². The first-order valence-electron chi connectivity index (χ1n) is 8.50. The summed E-state index contributed by atoms with van der Waals surface area (Å²) in [4.78, 5) is 10.9. The molecule has 0 fully saturated rings. The molecule has 1 aromatic carbocycles. The average molecular weight is 316 g/mol. The number of hydrogen-bond acceptors (Lipinski definition) is 2. The summed E-state index contributed by atoms with van der Waals surface area (Å²) in [6.07, 6.45) is 4.54. The van der Waals surface area contributed by atoms with E-state index in [0.29, 0.717) is 0 Å². The summed E-state index contributed by atoms with van der Waals surface area (Å²) < 4.78 is 5.78. The molecule has 2 nitrogen and oxygen atoms in total. The fourth-order valence-corrected chi connectivity index (χ4v) is 2.62. The van der Waals surface area contributed by atoms with Crippen molar-refractivity contribution in [3.05, 3.63) is 34.9 Å². The normalized spacial score (nSPS) is 13.1. The highest BCUT2D eigenvalue weighted by Gasteiger charge is 2.28. The molecule has 0 aromatic heterocycles. The molecule has 0 aliphatic heterocycles. The number of benzene rings is 1. The molecule has 0 N–H and O–H groups in total. The SMILES string of the molecule is CCC(C)(C)c1cc(/C(C)=C\C=O)c(OC)c(C(C)(C)CC)c1. The number of rotatable bonds is 7. The lowest BCUT2D eigenvalue weighted by atomic mass is 9.74. The predicted octanol–water partition coefficient (Wildman–Crippen LogP) is 5.67. The van der Waals surface area contributed by atoms with Gasteiger partial charge in [0.25, 0.3) is 0 Å². The molecule has 23 heavy (non-hydrogen) atoms. The Bertz CT molecular complexity index is 592. The number of hydrogen-bond donors (Lipinski definition) is 0. The average Bonchev–Trinajstić information content (AvgIpc) is 2.53. The predicted molar refractivity (Wildman–Crippen MR) is 99.3 cm³/mol. The van der Waals surface area contributed by atoms with Crippen molar-refractivity contribution in [3.8, 4) is 5.75 Å². The zero-order valence-electron chi connectivity index (χ0n) is 16.0. The van der Waals surface area contributed by atoms with Gasteiger partial charge in [0.15, 0.2) is 0 Å². The standard InChI is InChI=1S/C21H32O2/c1-9-20(4,5)16-13-17(15(3)11-12-22)19(23-8)18(14-16)21(6,7)10-2/h11-14H,9-10H2,1-8H3/b15-11-. The van der Waals surface area contributed by atoms with Gasteiger partial charge in [-0.1, -0.05) is 47.6 Å². The molecule has 0 amide bonds.